The summed E-state index contributed by atoms with van der Waals surface area (Å²) in [4.78, 5) is 20.3. The van der Waals surface area contributed by atoms with E-state index < -0.39 is 12.2 Å². The van der Waals surface area contributed by atoms with Crippen molar-refractivity contribution in [2.45, 2.75) is 31.1 Å². The van der Waals surface area contributed by atoms with Gasteiger partial charge in [0.2, 0.25) is 5.91 Å². The Balaban J connectivity index is 1.38. The fraction of sp³-hybridized carbons (Fsp3) is 0.450. The lowest BCUT2D eigenvalue weighted by Crippen LogP contribution is -2.42. The van der Waals surface area contributed by atoms with Crippen molar-refractivity contribution in [2.24, 2.45) is 0 Å². The predicted octanol–water partition coefficient (Wildman–Crippen LogP) is 2.84. The zero-order chi connectivity index (χ0) is 19.7. The molecule has 2 aliphatic rings. The van der Waals surface area contributed by atoms with Crippen LogP contribution in [0.4, 0.5) is 10.1 Å². The first-order chi connectivity index (χ1) is 13.5. The molecule has 2 aromatic rings. The largest absolute Gasteiger partial charge is 0.380 e. The van der Waals surface area contributed by atoms with E-state index in [1.807, 2.05) is 30.3 Å². The second-order valence-electron chi connectivity index (χ2n) is 7.41. The number of aromatic nitrogens is 1. The Morgan fingerprint density at radius 2 is 2.29 bits per heavy atom. The fourth-order valence-electron chi connectivity index (χ4n) is 4.03. The lowest BCUT2D eigenvalue weighted by molar-refractivity contribution is -0.132. The van der Waals surface area contributed by atoms with Crippen LogP contribution in [0.1, 0.15) is 12.8 Å². The lowest BCUT2D eigenvalue weighted by atomic mass is 10.1. The first-order valence-electron chi connectivity index (χ1n) is 9.40. The summed E-state index contributed by atoms with van der Waals surface area (Å²) in [5, 5.41) is 14.2. The van der Waals surface area contributed by atoms with Gasteiger partial charge >= 0.3 is 0 Å². The summed E-state index contributed by atoms with van der Waals surface area (Å²) in [6.45, 7) is 1.72. The second kappa shape index (κ2) is 7.90. The van der Waals surface area contributed by atoms with Gasteiger partial charge in [-0.3, -0.25) is 14.7 Å². The second-order valence-corrected chi connectivity index (χ2v) is 7.85. The summed E-state index contributed by atoms with van der Waals surface area (Å²) in [7, 11) is 0. The number of nitrogens with one attached hydrogen (secondary N) is 1. The molecule has 2 aliphatic heterocycles. The van der Waals surface area contributed by atoms with E-state index in [0.29, 0.717) is 11.6 Å². The molecule has 3 heterocycles. The number of amides is 1. The standard InChI is InChI=1S/C20H21ClFN5O/c21-13-6-17-18(24-9-13)2-1-3-19(17)25-15-4-5-26(11-15)12-20(28)27-10-14(22)7-16(27)8-23/h1-3,6,9,14-16,25H,4-5,7,10-12H2/t14-,15-,16-/m0/s1. The van der Waals surface area contributed by atoms with Crippen molar-refractivity contribution in [3.05, 3.63) is 35.5 Å². The topological polar surface area (TPSA) is 72.3 Å². The van der Waals surface area contributed by atoms with Crippen LogP contribution in [-0.2, 0) is 4.79 Å². The number of fused-ring (bicyclic) bond motifs is 1. The Hall–Kier alpha value is -2.43. The fourth-order valence-corrected chi connectivity index (χ4v) is 4.19. The average Bonchev–Trinajstić information content (AvgIpc) is 3.28. The number of nitriles is 1. The van der Waals surface area contributed by atoms with Gasteiger partial charge in [0.15, 0.2) is 0 Å². The number of rotatable bonds is 4. The van der Waals surface area contributed by atoms with Crippen LogP contribution >= 0.6 is 11.6 Å². The number of carbonyl (C=O) groups is 1. The summed E-state index contributed by atoms with van der Waals surface area (Å²) in [6.07, 6.45) is 1.54. The van der Waals surface area contributed by atoms with E-state index >= 15 is 0 Å². The Morgan fingerprint density at radius 3 is 3.11 bits per heavy atom. The number of alkyl halides is 1. The van der Waals surface area contributed by atoms with Crippen LogP contribution in [0.5, 0.6) is 0 Å². The summed E-state index contributed by atoms with van der Waals surface area (Å²) < 4.78 is 13.6. The zero-order valence-corrected chi connectivity index (χ0v) is 16.1. The van der Waals surface area contributed by atoms with Crippen LogP contribution in [-0.4, -0.2) is 65.1 Å². The minimum Gasteiger partial charge on any atom is -0.380 e. The molecule has 1 N–H and O–H groups in total. The van der Waals surface area contributed by atoms with Crippen LogP contribution < -0.4 is 5.32 Å². The van der Waals surface area contributed by atoms with Crippen molar-refractivity contribution in [3.8, 4) is 6.07 Å². The zero-order valence-electron chi connectivity index (χ0n) is 15.3. The van der Waals surface area contributed by atoms with Crippen LogP contribution in [0.2, 0.25) is 5.02 Å². The lowest BCUT2D eigenvalue weighted by Gasteiger charge is -2.23. The van der Waals surface area contributed by atoms with Crippen molar-refractivity contribution >= 4 is 34.1 Å². The molecule has 0 unspecified atom stereocenters. The summed E-state index contributed by atoms with van der Waals surface area (Å²) >= 11 is 6.09. The molecule has 0 saturated carbocycles. The molecule has 2 saturated heterocycles. The molecule has 3 atom stereocenters. The number of nitrogens with zero attached hydrogens (tertiary/aromatic N) is 4. The first kappa shape index (κ1) is 18.9. The monoisotopic (exact) mass is 401 g/mol. The van der Waals surface area contributed by atoms with E-state index in [1.54, 1.807) is 6.20 Å². The highest BCUT2D eigenvalue weighted by Gasteiger charge is 2.36. The molecule has 4 rings (SSSR count). The van der Waals surface area contributed by atoms with Crippen LogP contribution in [0, 0.1) is 11.3 Å². The third-order valence-corrected chi connectivity index (χ3v) is 5.61. The van der Waals surface area contributed by atoms with E-state index in [2.05, 4.69) is 15.2 Å². The molecular formula is C20H21ClFN5O. The summed E-state index contributed by atoms with van der Waals surface area (Å²) in [5.74, 6) is -0.173. The number of carbonyl (C=O) groups excluding carboxylic acids is 1. The number of likely N-dealkylation sites (tertiary alicyclic amines) is 2. The maximum Gasteiger partial charge on any atom is 0.237 e. The van der Waals surface area contributed by atoms with Gasteiger partial charge in [-0.25, -0.2) is 4.39 Å². The Morgan fingerprint density at radius 1 is 1.43 bits per heavy atom. The molecule has 1 aromatic heterocycles. The molecule has 0 radical (unpaired) electrons. The summed E-state index contributed by atoms with van der Waals surface area (Å²) in [6, 6.07) is 9.36. The highest BCUT2D eigenvalue weighted by Crippen LogP contribution is 2.27. The number of hydrogen-bond donors (Lipinski definition) is 1. The van der Waals surface area contributed by atoms with E-state index in [0.717, 1.165) is 29.6 Å². The molecule has 146 valence electrons. The third-order valence-electron chi connectivity index (χ3n) is 5.40. The molecule has 1 aromatic carbocycles. The maximum atomic E-state index is 13.6. The quantitative estimate of drug-likeness (QED) is 0.852. The number of halogens is 2. The average molecular weight is 402 g/mol. The van der Waals surface area contributed by atoms with Crippen LogP contribution in [0.15, 0.2) is 30.5 Å². The van der Waals surface area contributed by atoms with Gasteiger partial charge in [-0.05, 0) is 24.6 Å². The van der Waals surface area contributed by atoms with Gasteiger partial charge in [0.05, 0.1) is 29.7 Å². The molecule has 0 aliphatic carbocycles. The van der Waals surface area contributed by atoms with Gasteiger partial charge < -0.3 is 10.2 Å². The van der Waals surface area contributed by atoms with Crippen molar-refractivity contribution in [2.75, 3.05) is 31.5 Å². The molecule has 28 heavy (non-hydrogen) atoms. The molecule has 0 bridgehead atoms. The Labute approximate surface area is 167 Å². The van der Waals surface area contributed by atoms with Gasteiger partial charge in [0.1, 0.15) is 12.2 Å². The van der Waals surface area contributed by atoms with Gasteiger partial charge in [0.25, 0.3) is 0 Å². The van der Waals surface area contributed by atoms with Crippen molar-refractivity contribution in [1.29, 1.82) is 5.26 Å². The molecule has 2 fully saturated rings. The third kappa shape index (κ3) is 3.89. The highest BCUT2D eigenvalue weighted by molar-refractivity contribution is 6.31. The van der Waals surface area contributed by atoms with E-state index in [4.69, 9.17) is 16.9 Å². The van der Waals surface area contributed by atoms with Gasteiger partial charge in [-0.1, -0.05) is 17.7 Å². The number of pyridine rings is 1. The normalized spacial score (nSPS) is 25.2. The Bertz CT molecular complexity index is 932. The Kier molecular flexibility index (Phi) is 5.33. The first-order valence-corrected chi connectivity index (χ1v) is 9.77. The van der Waals surface area contributed by atoms with Crippen molar-refractivity contribution in [3.63, 3.8) is 0 Å². The SMILES string of the molecule is N#C[C@@H]1C[C@H](F)CN1C(=O)CN1CC[C@H](Nc2cccc3ncc(Cl)cc23)C1. The molecule has 1 amide bonds. The molecule has 6 nitrogen and oxygen atoms in total. The maximum absolute atomic E-state index is 13.6. The molecular weight excluding hydrogens is 381 g/mol. The van der Waals surface area contributed by atoms with Gasteiger partial charge in [-0.15, -0.1) is 0 Å². The molecule has 0 spiro atoms. The number of anilines is 1. The van der Waals surface area contributed by atoms with E-state index in [1.165, 1.54) is 4.90 Å². The summed E-state index contributed by atoms with van der Waals surface area (Å²) in [5.41, 5.74) is 1.84. The van der Waals surface area contributed by atoms with Crippen LogP contribution in [0.3, 0.4) is 0 Å². The number of hydrogen-bond acceptors (Lipinski definition) is 5. The minimum atomic E-state index is -1.10. The van der Waals surface area contributed by atoms with Gasteiger partial charge in [0, 0.05) is 42.8 Å². The number of benzene rings is 1. The van der Waals surface area contributed by atoms with Gasteiger partial charge in [-0.2, -0.15) is 5.26 Å². The minimum absolute atomic E-state index is 0.0241. The predicted molar refractivity (Wildman–Crippen MR) is 106 cm³/mol. The van der Waals surface area contributed by atoms with Crippen LogP contribution in [0.25, 0.3) is 10.9 Å². The van der Waals surface area contributed by atoms with Crippen molar-refractivity contribution < 1.29 is 9.18 Å². The highest BCUT2D eigenvalue weighted by atomic mass is 35.5. The smallest absolute Gasteiger partial charge is 0.237 e. The van der Waals surface area contributed by atoms with Crippen molar-refractivity contribution in [1.82, 2.24) is 14.8 Å². The van der Waals surface area contributed by atoms with E-state index in [-0.39, 0.29) is 31.5 Å². The molecule has 8 heteroatoms. The van der Waals surface area contributed by atoms with E-state index in [9.17, 15) is 9.18 Å².